The number of nitrogens with zero attached hydrogens (tertiary/aromatic N) is 5. The van der Waals surface area contributed by atoms with E-state index >= 15 is 0 Å². The smallest absolute Gasteiger partial charge is 0.239 e. The van der Waals surface area contributed by atoms with Crippen LogP contribution in [-0.4, -0.2) is 63.1 Å². The molecule has 0 bridgehead atoms. The maximum atomic E-state index is 12.4. The Kier molecular flexibility index (Phi) is 4.83. The van der Waals surface area contributed by atoms with Gasteiger partial charge >= 0.3 is 0 Å². The van der Waals surface area contributed by atoms with Crippen LogP contribution >= 0.6 is 0 Å². The van der Waals surface area contributed by atoms with E-state index in [1.807, 2.05) is 37.5 Å². The number of nitrogens with one attached hydrogen (secondary N) is 1. The van der Waals surface area contributed by atoms with Crippen LogP contribution in [0.15, 0.2) is 36.7 Å². The normalized spacial score (nSPS) is 17.9. The fraction of sp³-hybridized carbons (Fsp3) is 0.368. The molecule has 8 heteroatoms. The maximum Gasteiger partial charge on any atom is 0.239 e. The van der Waals surface area contributed by atoms with E-state index in [-0.39, 0.29) is 11.9 Å². The van der Waals surface area contributed by atoms with Gasteiger partial charge in [-0.3, -0.25) is 14.4 Å². The van der Waals surface area contributed by atoms with Crippen molar-refractivity contribution in [2.45, 2.75) is 13.0 Å². The Hall–Kier alpha value is -2.84. The Morgan fingerprint density at radius 2 is 2.22 bits per heavy atom. The summed E-state index contributed by atoms with van der Waals surface area (Å²) in [5, 5.41) is 13.0. The first-order chi connectivity index (χ1) is 13.1. The van der Waals surface area contributed by atoms with E-state index in [0.717, 1.165) is 28.6 Å². The first-order valence-corrected chi connectivity index (χ1v) is 8.96. The molecule has 27 heavy (non-hydrogen) atoms. The monoisotopic (exact) mass is 366 g/mol. The van der Waals surface area contributed by atoms with Gasteiger partial charge in [0.2, 0.25) is 5.91 Å². The lowest BCUT2D eigenvalue weighted by Crippen LogP contribution is -2.47. The van der Waals surface area contributed by atoms with Crippen molar-refractivity contribution >= 4 is 22.5 Å². The fourth-order valence-corrected chi connectivity index (χ4v) is 3.21. The van der Waals surface area contributed by atoms with Crippen LogP contribution in [0.1, 0.15) is 6.92 Å². The van der Waals surface area contributed by atoms with Crippen LogP contribution in [0.3, 0.4) is 0 Å². The molecule has 1 aliphatic heterocycles. The lowest BCUT2D eigenvalue weighted by molar-refractivity contribution is -0.119. The van der Waals surface area contributed by atoms with Crippen molar-refractivity contribution in [2.24, 2.45) is 7.05 Å². The van der Waals surface area contributed by atoms with Gasteiger partial charge in [0.15, 0.2) is 0 Å². The van der Waals surface area contributed by atoms with E-state index < -0.39 is 0 Å². The number of aryl methyl sites for hydroxylation is 1. The third-order valence-corrected chi connectivity index (χ3v) is 4.74. The molecule has 1 N–H and O–H groups in total. The highest BCUT2D eigenvalue weighted by molar-refractivity contribution is 5.94. The van der Waals surface area contributed by atoms with Crippen LogP contribution in [0.4, 0.5) is 5.82 Å². The molecule has 0 saturated carbocycles. The van der Waals surface area contributed by atoms with Gasteiger partial charge in [-0.15, -0.1) is 5.10 Å². The minimum atomic E-state index is -0.0688. The van der Waals surface area contributed by atoms with Gasteiger partial charge in [0, 0.05) is 36.8 Å². The van der Waals surface area contributed by atoms with Crippen LogP contribution in [0.25, 0.3) is 22.0 Å². The predicted molar refractivity (Wildman–Crippen MR) is 102 cm³/mol. The molecule has 3 aromatic rings. The van der Waals surface area contributed by atoms with Gasteiger partial charge in [0.25, 0.3) is 0 Å². The standard InChI is InChI=1S/C19H22N6O2/c1-13-12-27-6-5-25(13)11-19(26)21-18-8-16-7-14(3-4-15(16)9-20-18)17-10-24(2)23-22-17/h3-4,7-10,13H,5-6,11-12H2,1-2H3,(H,20,21,26). The summed E-state index contributed by atoms with van der Waals surface area (Å²) in [4.78, 5) is 18.9. The predicted octanol–water partition coefficient (Wildman–Crippen LogP) is 1.69. The molecule has 3 heterocycles. The number of carbonyl (C=O) groups is 1. The molecular weight excluding hydrogens is 344 g/mol. The zero-order chi connectivity index (χ0) is 18.8. The van der Waals surface area contributed by atoms with Crippen LogP contribution < -0.4 is 5.32 Å². The number of hydrogen-bond donors (Lipinski definition) is 1. The van der Waals surface area contributed by atoms with Gasteiger partial charge in [-0.25, -0.2) is 4.98 Å². The quantitative estimate of drug-likeness (QED) is 0.756. The Balaban J connectivity index is 1.51. The number of morpholine rings is 1. The minimum Gasteiger partial charge on any atom is -0.379 e. The van der Waals surface area contributed by atoms with E-state index in [0.29, 0.717) is 25.6 Å². The second-order valence-corrected chi connectivity index (χ2v) is 6.85. The zero-order valence-electron chi connectivity index (χ0n) is 15.4. The van der Waals surface area contributed by atoms with E-state index in [4.69, 9.17) is 4.74 Å². The first kappa shape index (κ1) is 17.6. The van der Waals surface area contributed by atoms with Gasteiger partial charge in [0.05, 0.1) is 26.0 Å². The number of rotatable bonds is 4. The molecule has 1 saturated heterocycles. The summed E-state index contributed by atoms with van der Waals surface area (Å²) in [6.45, 7) is 4.49. The maximum absolute atomic E-state index is 12.4. The molecule has 0 aliphatic carbocycles. The molecule has 1 fully saturated rings. The van der Waals surface area contributed by atoms with E-state index in [1.165, 1.54) is 0 Å². The third-order valence-electron chi connectivity index (χ3n) is 4.74. The summed E-state index contributed by atoms with van der Waals surface area (Å²) in [5.41, 5.74) is 1.78. The molecule has 8 nitrogen and oxygen atoms in total. The van der Waals surface area contributed by atoms with Gasteiger partial charge in [-0.1, -0.05) is 17.3 Å². The Morgan fingerprint density at radius 3 is 3.00 bits per heavy atom. The van der Waals surface area contributed by atoms with Crippen LogP contribution in [0.2, 0.25) is 0 Å². The number of anilines is 1. The van der Waals surface area contributed by atoms with Crippen molar-refractivity contribution in [1.29, 1.82) is 0 Å². The minimum absolute atomic E-state index is 0.0688. The number of amides is 1. The van der Waals surface area contributed by atoms with Crippen LogP contribution in [0, 0.1) is 0 Å². The fourth-order valence-electron chi connectivity index (χ4n) is 3.21. The molecule has 2 aromatic heterocycles. The number of carbonyl (C=O) groups excluding carboxylic acids is 1. The highest BCUT2D eigenvalue weighted by atomic mass is 16.5. The molecule has 1 aliphatic rings. The largest absolute Gasteiger partial charge is 0.379 e. The molecule has 1 amide bonds. The molecule has 4 rings (SSSR count). The summed E-state index contributed by atoms with van der Waals surface area (Å²) in [7, 11) is 1.84. The van der Waals surface area contributed by atoms with E-state index in [1.54, 1.807) is 10.9 Å². The average Bonchev–Trinajstić information content (AvgIpc) is 3.09. The second-order valence-electron chi connectivity index (χ2n) is 6.85. The number of pyridine rings is 1. The third kappa shape index (κ3) is 3.96. The van der Waals surface area contributed by atoms with Crippen molar-refractivity contribution in [3.63, 3.8) is 0 Å². The van der Waals surface area contributed by atoms with Gasteiger partial charge in [-0.05, 0) is 24.4 Å². The van der Waals surface area contributed by atoms with Gasteiger partial charge in [0.1, 0.15) is 11.5 Å². The Labute approximate surface area is 157 Å². The van der Waals surface area contributed by atoms with E-state index in [2.05, 4.69) is 32.4 Å². The number of fused-ring (bicyclic) bond motifs is 1. The number of ether oxygens (including phenoxy) is 1. The van der Waals surface area contributed by atoms with Crippen molar-refractivity contribution in [1.82, 2.24) is 24.9 Å². The summed E-state index contributed by atoms with van der Waals surface area (Å²) in [6, 6.07) is 8.14. The molecule has 1 aromatic carbocycles. The first-order valence-electron chi connectivity index (χ1n) is 8.96. The van der Waals surface area contributed by atoms with Gasteiger partial charge in [-0.2, -0.15) is 0 Å². The Bertz CT molecular complexity index is 970. The lowest BCUT2D eigenvalue weighted by Gasteiger charge is -2.32. The molecular formula is C19H22N6O2. The molecule has 0 spiro atoms. The summed E-state index contributed by atoms with van der Waals surface area (Å²) >= 11 is 0. The van der Waals surface area contributed by atoms with E-state index in [9.17, 15) is 4.79 Å². The lowest BCUT2D eigenvalue weighted by atomic mass is 10.1. The van der Waals surface area contributed by atoms with Crippen molar-refractivity contribution < 1.29 is 9.53 Å². The summed E-state index contributed by atoms with van der Waals surface area (Å²) < 4.78 is 7.08. The highest BCUT2D eigenvalue weighted by Crippen LogP contribution is 2.24. The molecule has 1 unspecified atom stereocenters. The summed E-state index contributed by atoms with van der Waals surface area (Å²) in [5.74, 6) is 0.477. The molecule has 140 valence electrons. The van der Waals surface area contributed by atoms with Gasteiger partial charge < -0.3 is 10.1 Å². The van der Waals surface area contributed by atoms with Crippen LogP contribution in [0.5, 0.6) is 0 Å². The molecule has 0 radical (unpaired) electrons. The number of benzene rings is 1. The number of aromatic nitrogens is 4. The van der Waals surface area contributed by atoms with Crippen molar-refractivity contribution in [3.8, 4) is 11.3 Å². The Morgan fingerprint density at radius 1 is 1.33 bits per heavy atom. The zero-order valence-corrected chi connectivity index (χ0v) is 15.4. The van der Waals surface area contributed by atoms with Crippen molar-refractivity contribution in [3.05, 3.63) is 36.7 Å². The number of hydrogen-bond acceptors (Lipinski definition) is 6. The van der Waals surface area contributed by atoms with Crippen molar-refractivity contribution in [2.75, 3.05) is 31.6 Å². The highest BCUT2D eigenvalue weighted by Gasteiger charge is 2.21. The summed E-state index contributed by atoms with van der Waals surface area (Å²) in [6.07, 6.45) is 3.64. The SMILES string of the molecule is CC1COCCN1CC(=O)Nc1cc2cc(-c3cn(C)nn3)ccc2cn1. The second kappa shape index (κ2) is 7.42. The van der Waals surface area contributed by atoms with Crippen LogP contribution in [-0.2, 0) is 16.6 Å². The molecule has 1 atom stereocenters. The average molecular weight is 366 g/mol. The topological polar surface area (TPSA) is 85.2 Å².